The van der Waals surface area contributed by atoms with Gasteiger partial charge in [0.1, 0.15) is 5.75 Å². The first-order chi connectivity index (χ1) is 16.8. The van der Waals surface area contributed by atoms with Crippen LogP contribution in [0.2, 0.25) is 0 Å². The van der Waals surface area contributed by atoms with Crippen LogP contribution in [-0.4, -0.2) is 28.0 Å². The van der Waals surface area contributed by atoms with Gasteiger partial charge in [0.05, 0.1) is 16.8 Å². The minimum atomic E-state index is -4.44. The Bertz CT molecular complexity index is 1310. The number of aromatic nitrogens is 3. The van der Waals surface area contributed by atoms with Crippen LogP contribution < -0.4 is 20.7 Å². The molecule has 8 nitrogen and oxygen atoms in total. The van der Waals surface area contributed by atoms with Crippen molar-refractivity contribution in [3.63, 3.8) is 0 Å². The SMILES string of the molecule is CNc1nccc(-c2cccnc2Oc2ccc(NC(=O)Nc3ccc(C(F)(F)F)cc3)cc2)n1. The highest BCUT2D eigenvalue weighted by molar-refractivity contribution is 5.99. The number of hydrogen-bond donors (Lipinski definition) is 3. The first-order valence-corrected chi connectivity index (χ1v) is 10.3. The van der Waals surface area contributed by atoms with Gasteiger partial charge in [0.25, 0.3) is 0 Å². The maximum atomic E-state index is 12.7. The lowest BCUT2D eigenvalue weighted by atomic mass is 10.2. The number of hydrogen-bond acceptors (Lipinski definition) is 6. The van der Waals surface area contributed by atoms with Crippen LogP contribution >= 0.6 is 0 Å². The molecule has 0 atom stereocenters. The van der Waals surface area contributed by atoms with Crippen molar-refractivity contribution in [3.8, 4) is 22.9 Å². The Kier molecular flexibility index (Phi) is 6.76. The highest BCUT2D eigenvalue weighted by Crippen LogP contribution is 2.31. The molecule has 0 aliphatic heterocycles. The number of carbonyl (C=O) groups is 1. The van der Waals surface area contributed by atoms with Crippen LogP contribution in [0, 0.1) is 0 Å². The predicted octanol–water partition coefficient (Wildman–Crippen LogP) is 6.04. The molecule has 2 aromatic heterocycles. The van der Waals surface area contributed by atoms with Crippen LogP contribution in [0.5, 0.6) is 11.6 Å². The number of pyridine rings is 1. The summed E-state index contributed by atoms with van der Waals surface area (Å²) in [4.78, 5) is 25.0. The van der Waals surface area contributed by atoms with Gasteiger partial charge in [-0.05, 0) is 66.7 Å². The molecule has 0 saturated heterocycles. The molecule has 35 heavy (non-hydrogen) atoms. The van der Waals surface area contributed by atoms with Gasteiger partial charge in [-0.2, -0.15) is 13.2 Å². The smallest absolute Gasteiger partial charge is 0.416 e. The summed E-state index contributed by atoms with van der Waals surface area (Å²) in [7, 11) is 1.72. The summed E-state index contributed by atoms with van der Waals surface area (Å²) < 4.78 is 43.9. The molecule has 0 bridgehead atoms. The van der Waals surface area contributed by atoms with Crippen molar-refractivity contribution in [2.45, 2.75) is 6.18 Å². The highest BCUT2D eigenvalue weighted by Gasteiger charge is 2.30. The largest absolute Gasteiger partial charge is 0.438 e. The minimum Gasteiger partial charge on any atom is -0.438 e. The fourth-order valence-electron chi connectivity index (χ4n) is 3.05. The van der Waals surface area contributed by atoms with Crippen LogP contribution in [0.25, 0.3) is 11.3 Å². The van der Waals surface area contributed by atoms with E-state index in [2.05, 4.69) is 30.9 Å². The first-order valence-electron chi connectivity index (χ1n) is 10.3. The van der Waals surface area contributed by atoms with Crippen LogP contribution in [0.1, 0.15) is 5.56 Å². The van der Waals surface area contributed by atoms with Crippen LogP contribution in [0.15, 0.2) is 79.1 Å². The van der Waals surface area contributed by atoms with E-state index in [1.54, 1.807) is 55.8 Å². The molecule has 178 valence electrons. The maximum absolute atomic E-state index is 12.7. The van der Waals surface area contributed by atoms with E-state index < -0.39 is 17.8 Å². The second-order valence-corrected chi connectivity index (χ2v) is 7.15. The van der Waals surface area contributed by atoms with Gasteiger partial charge < -0.3 is 20.7 Å². The molecule has 2 aromatic carbocycles. The number of anilines is 3. The molecule has 0 fully saturated rings. The van der Waals surface area contributed by atoms with Crippen molar-refractivity contribution in [1.29, 1.82) is 0 Å². The number of amides is 2. The Morgan fingerprint density at radius 3 is 2.14 bits per heavy atom. The lowest BCUT2D eigenvalue weighted by Crippen LogP contribution is -2.19. The van der Waals surface area contributed by atoms with Crippen LogP contribution in [0.4, 0.5) is 35.3 Å². The monoisotopic (exact) mass is 480 g/mol. The summed E-state index contributed by atoms with van der Waals surface area (Å²) in [6.45, 7) is 0. The molecule has 0 radical (unpaired) electrons. The zero-order valence-electron chi connectivity index (χ0n) is 18.3. The standard InChI is InChI=1S/C24H19F3N6O2/c1-28-22-30-14-12-20(33-22)19-3-2-13-29-21(19)35-18-10-8-17(9-11-18)32-23(34)31-16-6-4-15(5-7-16)24(25,26)27/h2-14H,1H3,(H,28,30,33)(H2,31,32,34). The molecule has 3 N–H and O–H groups in total. The van der Waals surface area contributed by atoms with Crippen molar-refractivity contribution in [2.24, 2.45) is 0 Å². The molecular formula is C24H19F3N6O2. The van der Waals surface area contributed by atoms with Gasteiger partial charge >= 0.3 is 12.2 Å². The van der Waals surface area contributed by atoms with Gasteiger partial charge in [-0.15, -0.1) is 0 Å². The van der Waals surface area contributed by atoms with Gasteiger partial charge in [0.15, 0.2) is 0 Å². The lowest BCUT2D eigenvalue weighted by molar-refractivity contribution is -0.137. The van der Waals surface area contributed by atoms with E-state index in [4.69, 9.17) is 4.74 Å². The molecule has 0 unspecified atom stereocenters. The second-order valence-electron chi connectivity index (χ2n) is 7.15. The Morgan fingerprint density at radius 1 is 0.857 bits per heavy atom. The number of nitrogens with zero attached hydrogens (tertiary/aromatic N) is 3. The molecule has 2 heterocycles. The highest BCUT2D eigenvalue weighted by atomic mass is 19.4. The second kappa shape index (κ2) is 10.1. The average molecular weight is 480 g/mol. The number of alkyl halides is 3. The Labute approximate surface area is 198 Å². The molecule has 11 heteroatoms. The fraction of sp³-hybridized carbons (Fsp3) is 0.0833. The molecule has 2 amide bonds. The van der Waals surface area contributed by atoms with Crippen molar-refractivity contribution in [3.05, 3.63) is 84.7 Å². The molecule has 0 aliphatic carbocycles. The van der Waals surface area contributed by atoms with Gasteiger partial charge in [-0.1, -0.05) is 0 Å². The summed E-state index contributed by atoms with van der Waals surface area (Å²) in [5.41, 5.74) is 1.19. The number of rotatable bonds is 6. The fourth-order valence-corrected chi connectivity index (χ4v) is 3.05. The normalized spacial score (nSPS) is 11.0. The molecular weight excluding hydrogens is 461 g/mol. The topological polar surface area (TPSA) is 101 Å². The average Bonchev–Trinajstić information content (AvgIpc) is 2.85. The number of benzene rings is 2. The third-order valence-corrected chi connectivity index (χ3v) is 4.72. The molecule has 0 aliphatic rings. The van der Waals surface area contributed by atoms with Crippen molar-refractivity contribution in [2.75, 3.05) is 23.0 Å². The summed E-state index contributed by atoms with van der Waals surface area (Å²) in [5, 5.41) is 7.97. The third-order valence-electron chi connectivity index (χ3n) is 4.72. The number of ether oxygens (including phenoxy) is 1. The first kappa shape index (κ1) is 23.5. The van der Waals surface area contributed by atoms with Crippen LogP contribution in [0.3, 0.4) is 0 Å². The van der Waals surface area contributed by atoms with Gasteiger partial charge in [0.2, 0.25) is 11.8 Å². The number of urea groups is 1. The number of carbonyl (C=O) groups excluding carboxylic acids is 1. The van der Waals surface area contributed by atoms with E-state index in [0.29, 0.717) is 34.5 Å². The van der Waals surface area contributed by atoms with E-state index in [9.17, 15) is 18.0 Å². The van der Waals surface area contributed by atoms with E-state index in [1.807, 2.05) is 6.07 Å². The van der Waals surface area contributed by atoms with Crippen molar-refractivity contribution < 1.29 is 22.7 Å². The molecule has 0 saturated carbocycles. The van der Waals surface area contributed by atoms with Gasteiger partial charge in [-0.3, -0.25) is 0 Å². The Balaban J connectivity index is 1.40. The summed E-state index contributed by atoms with van der Waals surface area (Å²) in [6, 6.07) is 15.4. The van der Waals surface area contributed by atoms with Crippen molar-refractivity contribution >= 4 is 23.4 Å². The lowest BCUT2D eigenvalue weighted by Gasteiger charge is -2.12. The third kappa shape index (κ3) is 6.02. The zero-order valence-corrected chi connectivity index (χ0v) is 18.3. The quantitative estimate of drug-likeness (QED) is 0.311. The molecule has 4 aromatic rings. The van der Waals surface area contributed by atoms with Crippen molar-refractivity contribution in [1.82, 2.24) is 15.0 Å². The van der Waals surface area contributed by atoms with E-state index >= 15 is 0 Å². The Morgan fingerprint density at radius 2 is 1.51 bits per heavy atom. The summed E-state index contributed by atoms with van der Waals surface area (Å²) >= 11 is 0. The summed E-state index contributed by atoms with van der Waals surface area (Å²) in [6.07, 6.45) is -1.22. The van der Waals surface area contributed by atoms with E-state index in [1.165, 1.54) is 12.1 Å². The van der Waals surface area contributed by atoms with E-state index in [0.717, 1.165) is 12.1 Å². The van der Waals surface area contributed by atoms with Gasteiger partial charge in [-0.25, -0.2) is 19.7 Å². The summed E-state index contributed by atoms with van der Waals surface area (Å²) in [5.74, 6) is 1.28. The predicted molar refractivity (Wildman–Crippen MR) is 125 cm³/mol. The van der Waals surface area contributed by atoms with E-state index in [-0.39, 0.29) is 5.69 Å². The Hall–Kier alpha value is -4.67. The maximum Gasteiger partial charge on any atom is 0.416 e. The van der Waals surface area contributed by atoms with Gasteiger partial charge in [0, 0.05) is 30.8 Å². The number of halogens is 3. The zero-order chi connectivity index (χ0) is 24.8. The van der Waals surface area contributed by atoms with Crippen LogP contribution in [-0.2, 0) is 6.18 Å². The molecule has 4 rings (SSSR count). The number of nitrogens with one attached hydrogen (secondary N) is 3. The minimum absolute atomic E-state index is 0.226. The molecule has 0 spiro atoms.